The Morgan fingerprint density at radius 1 is 1.50 bits per heavy atom. The maximum absolute atomic E-state index is 12.1. The van der Waals surface area contributed by atoms with E-state index in [-0.39, 0.29) is 5.91 Å². The van der Waals surface area contributed by atoms with Crippen LogP contribution in [0.2, 0.25) is 5.02 Å². The van der Waals surface area contributed by atoms with E-state index in [9.17, 15) is 4.79 Å². The molecule has 0 N–H and O–H groups in total. The van der Waals surface area contributed by atoms with Crippen molar-refractivity contribution < 1.29 is 4.79 Å². The number of halogens is 3. The van der Waals surface area contributed by atoms with Crippen molar-refractivity contribution in [2.24, 2.45) is 0 Å². The Labute approximate surface area is 114 Å². The molecule has 0 radical (unpaired) electrons. The Hall–Kier alpha value is -0.250. The van der Waals surface area contributed by atoms with Crippen LogP contribution in [0.15, 0.2) is 22.7 Å². The fraction of sp³-hybridized carbons (Fsp3) is 0.364. The number of carbonyl (C=O) groups is 1. The van der Waals surface area contributed by atoms with Gasteiger partial charge >= 0.3 is 0 Å². The lowest BCUT2D eigenvalue weighted by molar-refractivity contribution is 0.0773. The largest absolute Gasteiger partial charge is 0.338 e. The smallest absolute Gasteiger partial charge is 0.255 e. The molecule has 0 aromatic heterocycles. The third-order valence-electron chi connectivity index (χ3n) is 2.18. The van der Waals surface area contributed by atoms with E-state index < -0.39 is 0 Å². The van der Waals surface area contributed by atoms with E-state index in [4.69, 9.17) is 23.2 Å². The van der Waals surface area contributed by atoms with Gasteiger partial charge in [-0.05, 0) is 41.1 Å². The minimum Gasteiger partial charge on any atom is -0.338 e. The molecule has 0 heterocycles. The molecule has 88 valence electrons. The van der Waals surface area contributed by atoms with Crippen molar-refractivity contribution in [3.05, 3.63) is 33.3 Å². The van der Waals surface area contributed by atoms with E-state index in [1.54, 1.807) is 23.1 Å². The van der Waals surface area contributed by atoms with Crippen LogP contribution >= 0.6 is 39.1 Å². The van der Waals surface area contributed by atoms with E-state index in [1.165, 1.54) is 0 Å². The van der Waals surface area contributed by atoms with Crippen LogP contribution in [0.25, 0.3) is 0 Å². The van der Waals surface area contributed by atoms with E-state index in [2.05, 4.69) is 15.9 Å². The SMILES string of the molecule is CCN(CCCl)C(=O)c1cc(Cl)ccc1Br. The highest BCUT2D eigenvalue weighted by molar-refractivity contribution is 9.10. The second-order valence-electron chi connectivity index (χ2n) is 3.20. The molecule has 0 bridgehead atoms. The normalized spacial score (nSPS) is 10.2. The first kappa shape index (κ1) is 13.8. The summed E-state index contributed by atoms with van der Waals surface area (Å²) in [6.45, 7) is 3.09. The van der Waals surface area contributed by atoms with Crippen LogP contribution in [0, 0.1) is 0 Å². The van der Waals surface area contributed by atoms with Gasteiger partial charge in [0.15, 0.2) is 0 Å². The van der Waals surface area contributed by atoms with Gasteiger partial charge in [0.05, 0.1) is 5.56 Å². The van der Waals surface area contributed by atoms with Gasteiger partial charge in [-0.15, -0.1) is 11.6 Å². The summed E-state index contributed by atoms with van der Waals surface area (Å²) in [6.07, 6.45) is 0. The molecule has 1 rings (SSSR count). The third kappa shape index (κ3) is 3.37. The highest BCUT2D eigenvalue weighted by atomic mass is 79.9. The van der Waals surface area contributed by atoms with Crippen LogP contribution in [0.5, 0.6) is 0 Å². The summed E-state index contributed by atoms with van der Waals surface area (Å²) in [6, 6.07) is 5.16. The zero-order chi connectivity index (χ0) is 12.1. The van der Waals surface area contributed by atoms with E-state index in [0.717, 1.165) is 4.47 Å². The van der Waals surface area contributed by atoms with Crippen LogP contribution < -0.4 is 0 Å². The topological polar surface area (TPSA) is 20.3 Å². The van der Waals surface area contributed by atoms with Crippen LogP contribution in [0.1, 0.15) is 17.3 Å². The average Bonchev–Trinajstić information content (AvgIpc) is 2.28. The van der Waals surface area contributed by atoms with Gasteiger partial charge in [0.25, 0.3) is 5.91 Å². The molecule has 1 aromatic rings. The Morgan fingerprint density at radius 2 is 2.19 bits per heavy atom. The van der Waals surface area contributed by atoms with Gasteiger partial charge in [0.2, 0.25) is 0 Å². The van der Waals surface area contributed by atoms with Crippen molar-refractivity contribution in [2.45, 2.75) is 6.92 Å². The van der Waals surface area contributed by atoms with Crippen molar-refractivity contribution in [1.82, 2.24) is 4.90 Å². The van der Waals surface area contributed by atoms with Crippen molar-refractivity contribution in [3.63, 3.8) is 0 Å². The third-order valence-corrected chi connectivity index (χ3v) is 3.28. The quantitative estimate of drug-likeness (QED) is 0.771. The first-order chi connectivity index (χ1) is 7.60. The molecule has 0 aliphatic carbocycles. The molecule has 0 aliphatic rings. The predicted molar refractivity (Wildman–Crippen MR) is 71.4 cm³/mol. The molecule has 1 aromatic carbocycles. The molecule has 0 atom stereocenters. The van der Waals surface area contributed by atoms with Crippen LogP contribution in [-0.4, -0.2) is 29.8 Å². The molecule has 0 saturated carbocycles. The number of hydrogen-bond donors (Lipinski definition) is 0. The number of carbonyl (C=O) groups excluding carboxylic acids is 1. The van der Waals surface area contributed by atoms with Crippen LogP contribution in [0.3, 0.4) is 0 Å². The highest BCUT2D eigenvalue weighted by Crippen LogP contribution is 2.22. The summed E-state index contributed by atoms with van der Waals surface area (Å²) >= 11 is 14.9. The summed E-state index contributed by atoms with van der Waals surface area (Å²) in [5.41, 5.74) is 0.569. The summed E-state index contributed by atoms with van der Waals surface area (Å²) in [5.74, 6) is 0.370. The lowest BCUT2D eigenvalue weighted by Gasteiger charge is -2.20. The second-order valence-corrected chi connectivity index (χ2v) is 4.87. The summed E-state index contributed by atoms with van der Waals surface area (Å²) < 4.78 is 0.745. The maximum atomic E-state index is 12.1. The molecule has 0 saturated heterocycles. The Kier molecular flexibility index (Phi) is 5.59. The molecule has 0 unspecified atom stereocenters. The van der Waals surface area contributed by atoms with Gasteiger partial charge in [0.1, 0.15) is 0 Å². The van der Waals surface area contributed by atoms with Crippen molar-refractivity contribution in [1.29, 1.82) is 0 Å². The van der Waals surface area contributed by atoms with Gasteiger partial charge in [-0.25, -0.2) is 0 Å². The molecular formula is C11H12BrCl2NO. The number of alkyl halides is 1. The lowest BCUT2D eigenvalue weighted by atomic mass is 10.2. The minimum atomic E-state index is -0.0578. The molecule has 0 spiro atoms. The zero-order valence-corrected chi connectivity index (χ0v) is 11.9. The first-order valence-electron chi connectivity index (χ1n) is 4.90. The van der Waals surface area contributed by atoms with E-state index >= 15 is 0 Å². The number of hydrogen-bond acceptors (Lipinski definition) is 1. The molecule has 2 nitrogen and oxygen atoms in total. The van der Waals surface area contributed by atoms with Gasteiger partial charge in [-0.2, -0.15) is 0 Å². The molecule has 0 fully saturated rings. The zero-order valence-electron chi connectivity index (χ0n) is 8.84. The summed E-state index contributed by atoms with van der Waals surface area (Å²) in [5, 5.41) is 0.550. The maximum Gasteiger partial charge on any atom is 0.255 e. The Bertz CT molecular complexity index is 384. The summed E-state index contributed by atoms with van der Waals surface area (Å²) in [4.78, 5) is 13.8. The first-order valence-corrected chi connectivity index (χ1v) is 6.61. The fourth-order valence-corrected chi connectivity index (χ4v) is 2.13. The molecule has 0 aliphatic heterocycles. The molecule has 1 amide bonds. The number of rotatable bonds is 4. The van der Waals surface area contributed by atoms with Gasteiger partial charge in [0, 0.05) is 28.5 Å². The Morgan fingerprint density at radius 3 is 2.75 bits per heavy atom. The monoisotopic (exact) mass is 323 g/mol. The number of benzene rings is 1. The minimum absolute atomic E-state index is 0.0578. The number of nitrogens with zero attached hydrogens (tertiary/aromatic N) is 1. The molecular weight excluding hydrogens is 313 g/mol. The average molecular weight is 325 g/mol. The highest BCUT2D eigenvalue weighted by Gasteiger charge is 2.16. The fourth-order valence-electron chi connectivity index (χ4n) is 1.34. The van der Waals surface area contributed by atoms with Gasteiger partial charge in [-0.1, -0.05) is 11.6 Å². The van der Waals surface area contributed by atoms with Crippen molar-refractivity contribution in [2.75, 3.05) is 19.0 Å². The Balaban J connectivity index is 2.98. The molecule has 5 heteroatoms. The van der Waals surface area contributed by atoms with Crippen molar-refractivity contribution in [3.8, 4) is 0 Å². The van der Waals surface area contributed by atoms with Gasteiger partial charge in [-0.3, -0.25) is 4.79 Å². The number of amides is 1. The lowest BCUT2D eigenvalue weighted by Crippen LogP contribution is -2.32. The second kappa shape index (κ2) is 6.48. The predicted octanol–water partition coefficient (Wildman–Crippen LogP) is 3.80. The molecule has 16 heavy (non-hydrogen) atoms. The van der Waals surface area contributed by atoms with Gasteiger partial charge < -0.3 is 4.90 Å². The van der Waals surface area contributed by atoms with E-state index in [0.29, 0.717) is 29.6 Å². The van der Waals surface area contributed by atoms with Crippen molar-refractivity contribution >= 4 is 45.0 Å². The van der Waals surface area contributed by atoms with E-state index in [1.807, 2.05) is 6.92 Å². The van der Waals surface area contributed by atoms with Crippen LogP contribution in [-0.2, 0) is 0 Å². The standard InChI is InChI=1S/C11H12BrCl2NO/c1-2-15(6-5-13)11(16)9-7-8(14)3-4-10(9)12/h3-4,7H,2,5-6H2,1H3. The summed E-state index contributed by atoms with van der Waals surface area (Å²) in [7, 11) is 0. The van der Waals surface area contributed by atoms with Crippen LogP contribution in [0.4, 0.5) is 0 Å².